The first-order valence-corrected chi connectivity index (χ1v) is 8.46. The number of benzene rings is 1. The molecule has 126 valence electrons. The van der Waals surface area contributed by atoms with Crippen LogP contribution >= 0.6 is 0 Å². The van der Waals surface area contributed by atoms with Gasteiger partial charge < -0.3 is 4.98 Å². The number of hydrogen-bond acceptors (Lipinski definition) is 0. The van der Waals surface area contributed by atoms with Crippen molar-refractivity contribution in [1.29, 1.82) is 0 Å². The van der Waals surface area contributed by atoms with Gasteiger partial charge in [-0.25, -0.2) is 0 Å². The van der Waals surface area contributed by atoms with E-state index in [1.807, 2.05) is 61.5 Å². The van der Waals surface area contributed by atoms with Gasteiger partial charge in [-0.2, -0.15) is 5.69 Å². The van der Waals surface area contributed by atoms with Crippen LogP contribution in [0.25, 0.3) is 17.0 Å². The van der Waals surface area contributed by atoms with Crippen LogP contribution in [0.4, 0.5) is 0 Å². The van der Waals surface area contributed by atoms with E-state index >= 15 is 0 Å². The summed E-state index contributed by atoms with van der Waals surface area (Å²) < 4.78 is 0. The predicted octanol–water partition coefficient (Wildman–Crippen LogP) is 4.41. The Morgan fingerprint density at radius 2 is 1.35 bits per heavy atom. The van der Waals surface area contributed by atoms with Gasteiger partial charge in [0.05, 0.1) is 0 Å². The zero-order valence-corrected chi connectivity index (χ0v) is 20.3. The van der Waals surface area contributed by atoms with Gasteiger partial charge in [0.2, 0.25) is 0 Å². The van der Waals surface area contributed by atoms with Gasteiger partial charge in [-0.05, 0) is 24.8 Å². The van der Waals surface area contributed by atoms with E-state index in [0.717, 1.165) is 11.2 Å². The first kappa shape index (κ1) is 30.7. The minimum atomic E-state index is 0. The fourth-order valence-corrected chi connectivity index (χ4v) is 1.61. The Bertz CT molecular complexity index is 496. The molecule has 0 N–H and O–H groups in total. The molecule has 0 aliphatic heterocycles. The molecule has 1 aromatic carbocycles. The maximum Gasteiger partial charge on any atom is 1.00 e. The van der Waals surface area contributed by atoms with Gasteiger partial charge in [0.25, 0.3) is 0 Å². The monoisotopic (exact) mass is 341 g/mol. The van der Waals surface area contributed by atoms with Gasteiger partial charge in [-0.15, -0.1) is 12.1 Å². The van der Waals surface area contributed by atoms with Crippen LogP contribution in [0.15, 0.2) is 43.0 Å². The molecule has 0 aliphatic rings. The van der Waals surface area contributed by atoms with E-state index in [-0.39, 0.29) is 51.4 Å². The molecule has 0 fully saturated rings. The number of hydrogen-bond donors (Lipinski definition) is 0. The summed E-state index contributed by atoms with van der Waals surface area (Å²) in [7, 11) is 0. The van der Waals surface area contributed by atoms with E-state index in [2.05, 4.69) is 48.8 Å². The molecule has 2 rings (SSSR count). The molecule has 1 heterocycles. The van der Waals surface area contributed by atoms with E-state index in [1.54, 1.807) is 6.08 Å². The number of rotatable bonds is 1. The number of allylic oxidation sites excluding steroid dienone is 2. The van der Waals surface area contributed by atoms with E-state index < -0.39 is 0 Å². The van der Waals surface area contributed by atoms with Crippen molar-refractivity contribution in [3.8, 4) is 0 Å². The van der Waals surface area contributed by atoms with Crippen LogP contribution in [-0.2, 0) is 0 Å². The summed E-state index contributed by atoms with van der Waals surface area (Å²) >= 11 is 0. The molecule has 0 bridgehead atoms. The molecule has 0 saturated carbocycles. The van der Waals surface area contributed by atoms with E-state index in [4.69, 9.17) is 0 Å². The standard InChI is InChI=1S/C12H12N.C3H6.3C2H6.K/c1-3-6-10-9(2)13-12-8-5-4-7-11(10)12;1-3-2;3*1-2;/h3-8H,1-2H3;3H,1H2,2H3;3*1-2H3;/q-1;;;;;+1/b6-3-;;;;;. The molecule has 0 amide bonds. The Morgan fingerprint density at radius 3 is 1.78 bits per heavy atom. The number of aromatic nitrogens is 1. The zero-order valence-electron chi connectivity index (χ0n) is 17.2. The molecule has 2 heteroatoms. The van der Waals surface area contributed by atoms with Gasteiger partial charge >= 0.3 is 51.4 Å². The maximum atomic E-state index is 4.48. The predicted molar refractivity (Wildman–Crippen MR) is 107 cm³/mol. The molecule has 0 radical (unpaired) electrons. The van der Waals surface area contributed by atoms with Crippen molar-refractivity contribution in [2.45, 2.75) is 62.3 Å². The molecular formula is C21H36KN. The van der Waals surface area contributed by atoms with Crippen LogP contribution < -0.4 is 56.4 Å². The Balaban J connectivity index is -0.000000156. The van der Waals surface area contributed by atoms with Gasteiger partial charge in [-0.3, -0.25) is 0 Å². The van der Waals surface area contributed by atoms with Crippen LogP contribution in [0, 0.1) is 6.92 Å². The van der Waals surface area contributed by atoms with Crippen LogP contribution in [0.1, 0.15) is 66.6 Å². The summed E-state index contributed by atoms with van der Waals surface area (Å²) in [4.78, 5) is 4.48. The SMILES string of the molecule is C/C=C\c1c(C)[n-]c2ccccc12.C=CC.CC.CC.CC.[K+]. The molecular weight excluding hydrogens is 305 g/mol. The van der Waals surface area contributed by atoms with Crippen LogP contribution in [0.5, 0.6) is 0 Å². The molecule has 1 aromatic heterocycles. The molecule has 0 aliphatic carbocycles. The smallest absolute Gasteiger partial charge is 0.661 e. The van der Waals surface area contributed by atoms with Gasteiger partial charge in [-0.1, -0.05) is 91.0 Å². The second-order valence-corrected chi connectivity index (χ2v) is 3.54. The molecule has 23 heavy (non-hydrogen) atoms. The van der Waals surface area contributed by atoms with Gasteiger partial charge in [0.1, 0.15) is 0 Å². The fraction of sp³-hybridized carbons (Fsp3) is 0.429. The van der Waals surface area contributed by atoms with E-state index in [9.17, 15) is 0 Å². The normalized spacial score (nSPS) is 7.87. The first-order valence-electron chi connectivity index (χ1n) is 8.46. The topological polar surface area (TPSA) is 14.1 Å². The third-order valence-electron chi connectivity index (χ3n) is 2.21. The number of aryl methyl sites for hydroxylation is 1. The van der Waals surface area contributed by atoms with E-state index in [0.29, 0.717) is 0 Å². The zero-order chi connectivity index (χ0) is 18.0. The molecule has 0 unspecified atom stereocenters. The largest absolute Gasteiger partial charge is 1.00 e. The quantitative estimate of drug-likeness (QED) is 0.553. The third kappa shape index (κ3) is 12.9. The molecule has 0 saturated heterocycles. The second kappa shape index (κ2) is 24.1. The fourth-order valence-electron chi connectivity index (χ4n) is 1.61. The molecule has 0 spiro atoms. The third-order valence-corrected chi connectivity index (χ3v) is 2.21. The second-order valence-electron chi connectivity index (χ2n) is 3.54. The Hall–Kier alpha value is -0.124. The minimum absolute atomic E-state index is 0. The minimum Gasteiger partial charge on any atom is -0.661 e. The summed E-state index contributed by atoms with van der Waals surface area (Å²) in [6.07, 6.45) is 5.92. The molecule has 1 nitrogen and oxygen atoms in total. The summed E-state index contributed by atoms with van der Waals surface area (Å²) in [5, 5.41) is 1.25. The molecule has 2 aromatic rings. The number of nitrogens with zero attached hydrogens (tertiary/aromatic N) is 1. The van der Waals surface area contributed by atoms with Crippen molar-refractivity contribution in [2.24, 2.45) is 0 Å². The Labute approximate surface area is 188 Å². The van der Waals surface area contributed by atoms with Crippen LogP contribution in [-0.4, -0.2) is 0 Å². The Kier molecular flexibility index (Phi) is 32.2. The summed E-state index contributed by atoms with van der Waals surface area (Å²) in [5.74, 6) is 0. The average Bonchev–Trinajstić information content (AvgIpc) is 2.90. The van der Waals surface area contributed by atoms with Gasteiger partial charge in [0.15, 0.2) is 0 Å². The average molecular weight is 342 g/mol. The Morgan fingerprint density at radius 1 is 0.913 bits per heavy atom. The van der Waals surface area contributed by atoms with Gasteiger partial charge in [0, 0.05) is 0 Å². The van der Waals surface area contributed by atoms with Crippen LogP contribution in [0.3, 0.4) is 0 Å². The maximum absolute atomic E-state index is 4.48. The summed E-state index contributed by atoms with van der Waals surface area (Å²) in [6.45, 7) is 21.3. The van der Waals surface area contributed by atoms with E-state index in [1.165, 1.54) is 10.9 Å². The molecule has 0 atom stereocenters. The summed E-state index contributed by atoms with van der Waals surface area (Å²) in [6, 6.07) is 8.24. The van der Waals surface area contributed by atoms with Crippen molar-refractivity contribution in [3.63, 3.8) is 0 Å². The number of para-hydroxylation sites is 1. The first-order chi connectivity index (χ1) is 10.7. The summed E-state index contributed by atoms with van der Waals surface area (Å²) in [5.41, 5.74) is 3.45. The van der Waals surface area contributed by atoms with Crippen molar-refractivity contribution >= 4 is 17.0 Å². The number of fused-ring (bicyclic) bond motifs is 1. The van der Waals surface area contributed by atoms with Crippen molar-refractivity contribution in [1.82, 2.24) is 4.98 Å². The van der Waals surface area contributed by atoms with Crippen LogP contribution in [0.2, 0.25) is 0 Å². The van der Waals surface area contributed by atoms with Crippen molar-refractivity contribution in [3.05, 3.63) is 54.3 Å². The van der Waals surface area contributed by atoms with Crippen molar-refractivity contribution < 1.29 is 51.4 Å². The van der Waals surface area contributed by atoms with Crippen molar-refractivity contribution in [2.75, 3.05) is 0 Å².